The Balaban J connectivity index is 1.41. The third-order valence-electron chi connectivity index (χ3n) is 7.52. The van der Waals surface area contributed by atoms with E-state index >= 15 is 0 Å². The first kappa shape index (κ1) is 23.3. The Labute approximate surface area is 236 Å². The van der Waals surface area contributed by atoms with Crippen molar-refractivity contribution >= 4 is 33.0 Å². The molecule has 0 amide bonds. The number of para-hydroxylation sites is 2. The molecule has 0 radical (unpaired) electrons. The second-order valence-corrected chi connectivity index (χ2v) is 10.1. The van der Waals surface area contributed by atoms with Crippen molar-refractivity contribution in [3.63, 3.8) is 0 Å². The van der Waals surface area contributed by atoms with Gasteiger partial charge in [-0.15, -0.1) is 0 Å². The third kappa shape index (κ3) is 4.05. The molecule has 5 aromatic carbocycles. The lowest BCUT2D eigenvalue weighted by Gasteiger charge is -2.12. The Hall–Kier alpha value is -5.61. The van der Waals surface area contributed by atoms with Gasteiger partial charge >= 0.3 is 0 Å². The fourth-order valence-electron chi connectivity index (χ4n) is 5.55. The molecule has 0 atom stereocenters. The van der Waals surface area contributed by atoms with Crippen LogP contribution in [0, 0.1) is 0 Å². The summed E-state index contributed by atoms with van der Waals surface area (Å²) in [5.74, 6) is 0.673. The van der Waals surface area contributed by atoms with Crippen molar-refractivity contribution in [3.8, 4) is 45.0 Å². The Bertz CT molecular complexity index is 2180. The highest BCUT2D eigenvalue weighted by atomic mass is 16.3. The van der Waals surface area contributed by atoms with E-state index in [4.69, 9.17) is 19.4 Å². The van der Waals surface area contributed by atoms with Crippen LogP contribution in [0.25, 0.3) is 78.0 Å². The first-order valence-corrected chi connectivity index (χ1v) is 13.6. The van der Waals surface area contributed by atoms with Gasteiger partial charge in [0.05, 0.1) is 22.3 Å². The lowest BCUT2D eigenvalue weighted by atomic mass is 9.98. The van der Waals surface area contributed by atoms with Crippen LogP contribution in [0.1, 0.15) is 0 Å². The summed E-state index contributed by atoms with van der Waals surface area (Å²) < 4.78 is 6.25. The highest BCUT2D eigenvalue weighted by Gasteiger charge is 2.20. The minimum atomic E-state index is 0.605. The maximum atomic E-state index is 6.25. The lowest BCUT2D eigenvalue weighted by Crippen LogP contribution is -1.97. The van der Waals surface area contributed by atoms with Gasteiger partial charge in [0, 0.05) is 27.5 Å². The van der Waals surface area contributed by atoms with Crippen LogP contribution in [0.2, 0.25) is 0 Å². The van der Waals surface area contributed by atoms with Gasteiger partial charge in [0.1, 0.15) is 5.58 Å². The van der Waals surface area contributed by atoms with Crippen LogP contribution < -0.4 is 0 Å². The summed E-state index contributed by atoms with van der Waals surface area (Å²) in [6.07, 6.45) is 0. The summed E-state index contributed by atoms with van der Waals surface area (Å²) in [6.45, 7) is 0. The van der Waals surface area contributed by atoms with E-state index in [1.165, 1.54) is 11.1 Å². The van der Waals surface area contributed by atoms with Gasteiger partial charge in [0.25, 0.3) is 0 Å². The maximum absolute atomic E-state index is 6.25. The molecule has 4 nitrogen and oxygen atoms in total. The summed E-state index contributed by atoms with van der Waals surface area (Å²) in [7, 11) is 0. The van der Waals surface area contributed by atoms with Gasteiger partial charge < -0.3 is 4.42 Å². The molecule has 0 aliphatic rings. The molecule has 0 saturated carbocycles. The number of furan rings is 1. The van der Waals surface area contributed by atoms with E-state index in [0.717, 1.165) is 55.3 Å². The first-order chi connectivity index (χ1) is 20.3. The minimum absolute atomic E-state index is 0.605. The van der Waals surface area contributed by atoms with Gasteiger partial charge in [0.2, 0.25) is 5.71 Å². The molecule has 0 fully saturated rings. The van der Waals surface area contributed by atoms with Crippen molar-refractivity contribution in [2.45, 2.75) is 0 Å². The minimum Gasteiger partial charge on any atom is -0.438 e. The van der Waals surface area contributed by atoms with Crippen LogP contribution in [0.15, 0.2) is 144 Å². The Morgan fingerprint density at radius 1 is 0.439 bits per heavy atom. The zero-order valence-corrected chi connectivity index (χ0v) is 22.0. The Morgan fingerprint density at radius 3 is 1.80 bits per heavy atom. The van der Waals surface area contributed by atoms with E-state index < -0.39 is 0 Å². The van der Waals surface area contributed by atoms with Crippen molar-refractivity contribution in [3.05, 3.63) is 140 Å². The number of hydrogen-bond donors (Lipinski definition) is 0. The number of benzene rings is 5. The molecule has 8 rings (SSSR count). The van der Waals surface area contributed by atoms with E-state index in [2.05, 4.69) is 78.9 Å². The van der Waals surface area contributed by atoms with Gasteiger partial charge in [-0.25, -0.2) is 15.0 Å². The average Bonchev–Trinajstić information content (AvgIpc) is 3.42. The molecule has 4 heteroatoms. The molecule has 3 heterocycles. The molecule has 0 aliphatic carbocycles. The van der Waals surface area contributed by atoms with Crippen LogP contribution in [-0.4, -0.2) is 15.0 Å². The standard InChI is InChI=1S/C37H23N3O/c1-3-11-24(12-4-1)25-19-21-26(22-20-25)31-23-32(39-36(38-31)27-13-5-2-6-14-27)34-28-15-7-9-17-30(28)40-37-35(34)29-16-8-10-18-33(29)41-37/h1-23H. The molecule has 8 aromatic rings. The monoisotopic (exact) mass is 525 g/mol. The molecule has 3 aromatic heterocycles. The predicted molar refractivity (Wildman–Crippen MR) is 166 cm³/mol. The number of nitrogens with zero attached hydrogens (tertiary/aromatic N) is 3. The molecule has 0 saturated heterocycles. The van der Waals surface area contributed by atoms with Crippen LogP contribution in [0.5, 0.6) is 0 Å². The second kappa shape index (κ2) is 9.54. The van der Waals surface area contributed by atoms with Crippen molar-refractivity contribution in [1.82, 2.24) is 15.0 Å². The summed E-state index contributed by atoms with van der Waals surface area (Å²) in [5, 5.41) is 3.00. The lowest BCUT2D eigenvalue weighted by molar-refractivity contribution is 0.656. The highest BCUT2D eigenvalue weighted by molar-refractivity contribution is 6.18. The fraction of sp³-hybridized carbons (Fsp3) is 0. The molecule has 41 heavy (non-hydrogen) atoms. The highest BCUT2D eigenvalue weighted by Crippen LogP contribution is 2.41. The predicted octanol–water partition coefficient (Wildman–Crippen LogP) is 9.59. The Morgan fingerprint density at radius 2 is 1.02 bits per heavy atom. The number of pyridine rings is 1. The van der Waals surface area contributed by atoms with E-state index in [1.54, 1.807) is 0 Å². The first-order valence-electron chi connectivity index (χ1n) is 13.6. The molecular formula is C37H23N3O. The van der Waals surface area contributed by atoms with Gasteiger partial charge in [0.15, 0.2) is 5.82 Å². The largest absolute Gasteiger partial charge is 0.438 e. The fourth-order valence-corrected chi connectivity index (χ4v) is 5.55. The Kier molecular flexibility index (Phi) is 5.42. The van der Waals surface area contributed by atoms with Crippen molar-refractivity contribution in [1.29, 1.82) is 0 Å². The molecule has 0 bridgehead atoms. The topological polar surface area (TPSA) is 51.8 Å². The molecular weight excluding hydrogens is 502 g/mol. The molecule has 0 aliphatic heterocycles. The smallest absolute Gasteiger partial charge is 0.228 e. The van der Waals surface area contributed by atoms with Gasteiger partial charge in [-0.2, -0.15) is 0 Å². The van der Waals surface area contributed by atoms with Gasteiger partial charge in [-0.1, -0.05) is 121 Å². The number of rotatable bonds is 4. The maximum Gasteiger partial charge on any atom is 0.228 e. The van der Waals surface area contributed by atoms with Crippen LogP contribution in [-0.2, 0) is 0 Å². The summed E-state index contributed by atoms with van der Waals surface area (Å²) in [4.78, 5) is 15.1. The van der Waals surface area contributed by atoms with E-state index in [9.17, 15) is 0 Å². The van der Waals surface area contributed by atoms with Crippen LogP contribution >= 0.6 is 0 Å². The second-order valence-electron chi connectivity index (χ2n) is 10.1. The quantitative estimate of drug-likeness (QED) is 0.230. The number of aromatic nitrogens is 3. The molecule has 0 N–H and O–H groups in total. The van der Waals surface area contributed by atoms with Gasteiger partial charge in [-0.05, 0) is 29.3 Å². The molecule has 0 unspecified atom stereocenters. The van der Waals surface area contributed by atoms with Gasteiger partial charge in [-0.3, -0.25) is 0 Å². The zero-order valence-electron chi connectivity index (χ0n) is 22.0. The van der Waals surface area contributed by atoms with Crippen LogP contribution in [0.3, 0.4) is 0 Å². The summed E-state index contributed by atoms with van der Waals surface area (Å²) >= 11 is 0. The van der Waals surface area contributed by atoms with Crippen LogP contribution in [0.4, 0.5) is 0 Å². The summed E-state index contributed by atoms with van der Waals surface area (Å²) in [6, 6.07) is 47.5. The number of hydrogen-bond acceptors (Lipinski definition) is 4. The summed E-state index contributed by atoms with van der Waals surface area (Å²) in [5.41, 5.74) is 9.30. The van der Waals surface area contributed by atoms with E-state index in [-0.39, 0.29) is 0 Å². The molecule has 0 spiro atoms. The van der Waals surface area contributed by atoms with E-state index in [1.807, 2.05) is 60.7 Å². The number of fused-ring (bicyclic) bond motifs is 4. The SMILES string of the molecule is c1ccc(-c2ccc(-c3cc(-c4c5ccccc5nc5oc6ccccc6c45)nc(-c4ccccc4)n3)cc2)cc1. The van der Waals surface area contributed by atoms with E-state index in [0.29, 0.717) is 11.5 Å². The molecule has 192 valence electrons. The van der Waals surface area contributed by atoms with Crippen molar-refractivity contribution < 1.29 is 4.42 Å². The normalized spacial score (nSPS) is 11.4. The average molecular weight is 526 g/mol. The van der Waals surface area contributed by atoms with Crippen molar-refractivity contribution in [2.24, 2.45) is 0 Å². The third-order valence-corrected chi connectivity index (χ3v) is 7.52. The zero-order chi connectivity index (χ0) is 27.2. The van der Waals surface area contributed by atoms with Crippen molar-refractivity contribution in [2.75, 3.05) is 0 Å².